The third-order valence-corrected chi connectivity index (χ3v) is 9.19. The van der Waals surface area contributed by atoms with E-state index in [1.165, 1.54) is 6.07 Å². The molecule has 8 nitrogen and oxygen atoms in total. The smallest absolute Gasteiger partial charge is 0.209 e. The van der Waals surface area contributed by atoms with E-state index in [9.17, 15) is 8.60 Å². The molecule has 10 heteroatoms. The van der Waals surface area contributed by atoms with Crippen molar-refractivity contribution in [1.29, 1.82) is 0 Å². The molecule has 1 unspecified atom stereocenters. The predicted octanol–water partition coefficient (Wildman–Crippen LogP) is 4.71. The van der Waals surface area contributed by atoms with Crippen molar-refractivity contribution in [2.45, 2.75) is 44.7 Å². The van der Waals surface area contributed by atoms with Crippen LogP contribution < -0.4 is 10.1 Å². The van der Waals surface area contributed by atoms with E-state index < -0.39 is 9.73 Å². The number of hydrogen-bond donors (Lipinski definition) is 1. The van der Waals surface area contributed by atoms with Gasteiger partial charge in [-0.15, -0.1) is 0 Å². The van der Waals surface area contributed by atoms with Gasteiger partial charge in [0.1, 0.15) is 17.9 Å². The molecule has 1 aromatic carbocycles. The Morgan fingerprint density at radius 1 is 1.14 bits per heavy atom. The maximum atomic E-state index is 14.7. The Kier molecular flexibility index (Phi) is 5.63. The minimum absolute atomic E-state index is 0.234. The van der Waals surface area contributed by atoms with Crippen LogP contribution in [0.1, 0.15) is 35.4 Å². The van der Waals surface area contributed by atoms with Crippen LogP contribution in [0, 0.1) is 19.7 Å². The number of aryl methyl sites for hydroxylation is 2. The Bertz CT molecular complexity index is 1620. The first kappa shape index (κ1) is 22.9. The highest BCUT2D eigenvalue weighted by Crippen LogP contribution is 2.35. The summed E-state index contributed by atoms with van der Waals surface area (Å²) in [5, 5.41) is 3.76. The number of nitrogens with one attached hydrogen (secondary N) is 1. The molecular weight excluding hydrogens is 479 g/mol. The van der Waals surface area contributed by atoms with Crippen LogP contribution in [0.15, 0.2) is 46.2 Å². The zero-order chi connectivity index (χ0) is 24.9. The van der Waals surface area contributed by atoms with Crippen LogP contribution >= 0.6 is 0 Å². The van der Waals surface area contributed by atoms with Crippen LogP contribution in [-0.4, -0.2) is 42.5 Å². The molecule has 0 spiro atoms. The van der Waals surface area contributed by atoms with Crippen molar-refractivity contribution in [3.05, 3.63) is 65.1 Å². The molecule has 2 aliphatic rings. The molecule has 0 fully saturated rings. The van der Waals surface area contributed by atoms with Gasteiger partial charge in [-0.1, -0.05) is 6.07 Å². The monoisotopic (exact) mass is 506 g/mol. The summed E-state index contributed by atoms with van der Waals surface area (Å²) in [7, 11) is -2.66. The first-order valence-electron chi connectivity index (χ1n) is 12.1. The number of anilines is 1. The average molecular weight is 507 g/mol. The zero-order valence-electron chi connectivity index (χ0n) is 20.3. The van der Waals surface area contributed by atoms with Crippen LogP contribution in [0.3, 0.4) is 0 Å². The van der Waals surface area contributed by atoms with Gasteiger partial charge < -0.3 is 10.1 Å². The Morgan fingerprint density at radius 3 is 2.83 bits per heavy atom. The summed E-state index contributed by atoms with van der Waals surface area (Å²) in [5.41, 5.74) is 5.60. The summed E-state index contributed by atoms with van der Waals surface area (Å²) < 4.78 is 40.6. The van der Waals surface area contributed by atoms with Gasteiger partial charge in [0, 0.05) is 65.1 Å². The lowest BCUT2D eigenvalue weighted by atomic mass is 10.0. The molecule has 0 saturated carbocycles. The van der Waals surface area contributed by atoms with Gasteiger partial charge in [0.25, 0.3) is 0 Å². The van der Waals surface area contributed by atoms with E-state index in [1.807, 2.05) is 26.0 Å². The average Bonchev–Trinajstić information content (AvgIpc) is 3.52. The molecule has 36 heavy (non-hydrogen) atoms. The number of benzene rings is 1. The van der Waals surface area contributed by atoms with Gasteiger partial charge in [0.15, 0.2) is 5.03 Å². The quantitative estimate of drug-likeness (QED) is 0.421. The highest BCUT2D eigenvalue weighted by Gasteiger charge is 2.26. The fraction of sp³-hybridized carbons (Fsp3) is 0.346. The number of pyridine rings is 1. The van der Waals surface area contributed by atoms with Gasteiger partial charge in [0.2, 0.25) is 5.95 Å². The van der Waals surface area contributed by atoms with Crippen molar-refractivity contribution in [1.82, 2.24) is 19.4 Å². The molecule has 0 saturated heterocycles. The van der Waals surface area contributed by atoms with Crippen molar-refractivity contribution < 1.29 is 13.3 Å². The summed E-state index contributed by atoms with van der Waals surface area (Å²) in [5.74, 6) is 1.41. The van der Waals surface area contributed by atoms with Crippen molar-refractivity contribution in [3.63, 3.8) is 0 Å². The third kappa shape index (κ3) is 3.80. The van der Waals surface area contributed by atoms with Crippen LogP contribution in [0.2, 0.25) is 0 Å². The number of fused-ring (bicyclic) bond motifs is 2. The molecule has 186 valence electrons. The highest BCUT2D eigenvalue weighted by molar-refractivity contribution is 7.93. The van der Waals surface area contributed by atoms with Gasteiger partial charge in [0.05, 0.1) is 21.9 Å². The van der Waals surface area contributed by atoms with Crippen molar-refractivity contribution in [2.75, 3.05) is 24.2 Å². The number of aromatic nitrogens is 4. The van der Waals surface area contributed by atoms with Gasteiger partial charge in [-0.2, -0.15) is 0 Å². The highest BCUT2D eigenvalue weighted by atomic mass is 32.2. The number of halogens is 1. The Balaban J connectivity index is 1.49. The summed E-state index contributed by atoms with van der Waals surface area (Å²) in [4.78, 5) is 13.9. The second-order valence-electron chi connectivity index (χ2n) is 9.21. The molecule has 5 heterocycles. The Labute approximate surface area is 209 Å². The summed E-state index contributed by atoms with van der Waals surface area (Å²) in [6, 6.07) is 7.07. The molecule has 0 radical (unpaired) electrons. The van der Waals surface area contributed by atoms with E-state index in [-0.39, 0.29) is 12.4 Å². The molecule has 3 aromatic heterocycles. The van der Waals surface area contributed by atoms with E-state index in [2.05, 4.69) is 24.6 Å². The van der Waals surface area contributed by atoms with Crippen LogP contribution in [0.25, 0.3) is 16.6 Å². The lowest BCUT2D eigenvalue weighted by Gasteiger charge is -2.17. The lowest BCUT2D eigenvalue weighted by molar-refractivity contribution is 0.356. The molecule has 6 rings (SSSR count). The van der Waals surface area contributed by atoms with Crippen LogP contribution in [0.5, 0.6) is 5.75 Å². The van der Waals surface area contributed by atoms with Crippen molar-refractivity contribution in [2.24, 2.45) is 4.36 Å². The van der Waals surface area contributed by atoms with E-state index in [0.29, 0.717) is 47.4 Å². The fourth-order valence-electron chi connectivity index (χ4n) is 5.04. The molecular formula is C26H27FN6O2S. The molecule has 1 N–H and O–H groups in total. The Hall–Kier alpha value is -3.53. The molecule has 1 atom stereocenters. The second kappa shape index (κ2) is 8.85. The summed E-state index contributed by atoms with van der Waals surface area (Å²) in [6.45, 7) is 5.25. The molecule has 2 aliphatic heterocycles. The SMILES string of the molecule is Cc1ccc(-c2cnc(NCc3c(F)ccc4c3CCO4)n3cnc(S4(=O)=NCCCC4)c23)c(C)n1. The van der Waals surface area contributed by atoms with Gasteiger partial charge in [-0.05, 0) is 44.9 Å². The normalized spacial score (nSPS) is 19.1. The summed E-state index contributed by atoms with van der Waals surface area (Å²) >= 11 is 0. The van der Waals surface area contributed by atoms with E-state index >= 15 is 0 Å². The van der Waals surface area contributed by atoms with Gasteiger partial charge >= 0.3 is 0 Å². The number of ether oxygens (including phenoxy) is 1. The van der Waals surface area contributed by atoms with Gasteiger partial charge in [-0.3, -0.25) is 9.38 Å². The van der Waals surface area contributed by atoms with Crippen molar-refractivity contribution >= 4 is 21.2 Å². The second-order valence-corrected chi connectivity index (χ2v) is 11.5. The molecule has 4 aromatic rings. The third-order valence-electron chi connectivity index (χ3n) is 6.84. The fourth-order valence-corrected chi connectivity index (χ4v) is 7.22. The number of rotatable bonds is 5. The maximum absolute atomic E-state index is 14.7. The number of hydrogen-bond acceptors (Lipinski definition) is 7. The molecule has 0 amide bonds. The number of imidazole rings is 1. The summed E-state index contributed by atoms with van der Waals surface area (Å²) in [6.07, 6.45) is 5.83. The van der Waals surface area contributed by atoms with Crippen LogP contribution in [0.4, 0.5) is 10.3 Å². The minimum atomic E-state index is -2.66. The topological polar surface area (TPSA) is 93.8 Å². The maximum Gasteiger partial charge on any atom is 0.209 e. The van der Waals surface area contributed by atoms with E-state index in [4.69, 9.17) is 4.74 Å². The molecule has 0 aliphatic carbocycles. The lowest BCUT2D eigenvalue weighted by Crippen LogP contribution is -2.14. The van der Waals surface area contributed by atoms with E-state index in [0.717, 1.165) is 46.7 Å². The minimum Gasteiger partial charge on any atom is -0.493 e. The standard InChI is InChI=1S/C26H27FN6O2S/c1-16-5-6-18(17(2)32-16)21-14-29-26(28-13-20-19-9-11-35-23(19)8-7-22(20)27)33-15-30-25(24(21)33)36(34)12-4-3-10-31-36/h5-8,14-15H,3-4,9-13H2,1-2H3,(H,28,29). The largest absolute Gasteiger partial charge is 0.493 e. The van der Waals surface area contributed by atoms with Crippen molar-refractivity contribution in [3.8, 4) is 16.9 Å². The van der Waals surface area contributed by atoms with Crippen LogP contribution in [-0.2, 0) is 22.7 Å². The van der Waals surface area contributed by atoms with E-state index in [1.54, 1.807) is 23.0 Å². The van der Waals surface area contributed by atoms with Gasteiger partial charge in [-0.25, -0.2) is 22.9 Å². The first-order chi connectivity index (χ1) is 17.4. The Morgan fingerprint density at radius 2 is 2.03 bits per heavy atom. The predicted molar refractivity (Wildman–Crippen MR) is 136 cm³/mol. The number of nitrogens with zero attached hydrogens (tertiary/aromatic N) is 5. The zero-order valence-corrected chi connectivity index (χ0v) is 21.1. The first-order valence-corrected chi connectivity index (χ1v) is 13.8. The molecule has 0 bridgehead atoms.